The zero-order chi connectivity index (χ0) is 33.4. The van der Waals surface area contributed by atoms with Crippen LogP contribution in [0.15, 0.2) is 0 Å². The fraction of sp³-hybridized carbons (Fsp3) is 1.00. The summed E-state index contributed by atoms with van der Waals surface area (Å²) in [7, 11) is -3.94. The van der Waals surface area contributed by atoms with Crippen LogP contribution in [0, 0.1) is 0 Å². The molecule has 0 radical (unpaired) electrons. The maximum Gasteiger partial charge on any atom is 0.161 e. The summed E-state index contributed by atoms with van der Waals surface area (Å²) >= 11 is 0. The van der Waals surface area contributed by atoms with Gasteiger partial charge in [0.25, 0.3) is 0 Å². The minimum atomic E-state index is -3.94. The number of sulfone groups is 1. The predicted molar refractivity (Wildman–Crippen MR) is 193 cm³/mol. The van der Waals surface area contributed by atoms with Gasteiger partial charge in [0.1, 0.15) is 0 Å². The Hall–Kier alpha value is -0.210. The molecule has 0 saturated heterocycles. The Balaban J connectivity index is 4.34. The Morgan fingerprint density at radius 3 is 0.778 bits per heavy atom. The van der Waals surface area contributed by atoms with E-state index in [0.717, 1.165) is 38.5 Å². The third-order valence-corrected chi connectivity index (χ3v) is 12.5. The Bertz CT molecular complexity index is 648. The number of aliphatic hydroxyl groups is 4. The molecule has 272 valence electrons. The SMILES string of the molecule is CCCCCCCCCCCCCCCCC(C(O)CO)S(=O)(=O)C(CCCCCCCCCCCCCCCC)C(O)CO. The van der Waals surface area contributed by atoms with E-state index < -0.39 is 45.8 Å². The number of hydrogen-bond donors (Lipinski definition) is 4. The molecule has 0 bridgehead atoms. The quantitative estimate of drug-likeness (QED) is 0.0497. The van der Waals surface area contributed by atoms with Crippen molar-refractivity contribution in [1.29, 1.82) is 0 Å². The van der Waals surface area contributed by atoms with Crippen molar-refractivity contribution in [2.75, 3.05) is 13.2 Å². The van der Waals surface area contributed by atoms with E-state index in [1.807, 2.05) is 0 Å². The minimum absolute atomic E-state index is 0.273. The summed E-state index contributed by atoms with van der Waals surface area (Å²) in [6.07, 6.45) is 31.7. The zero-order valence-electron chi connectivity index (χ0n) is 30.0. The normalized spacial score (nSPS) is 14.9. The highest BCUT2D eigenvalue weighted by Gasteiger charge is 2.40. The molecular weight excluding hydrogens is 584 g/mol. The zero-order valence-corrected chi connectivity index (χ0v) is 30.8. The molecule has 0 aromatic heterocycles. The van der Waals surface area contributed by atoms with Gasteiger partial charge in [-0.3, -0.25) is 0 Å². The molecule has 0 aliphatic carbocycles. The fourth-order valence-corrected chi connectivity index (χ4v) is 9.18. The van der Waals surface area contributed by atoms with Gasteiger partial charge in [-0.25, -0.2) is 8.42 Å². The lowest BCUT2D eigenvalue weighted by Crippen LogP contribution is -2.47. The van der Waals surface area contributed by atoms with Crippen LogP contribution in [0.1, 0.15) is 206 Å². The second kappa shape index (κ2) is 32.3. The monoisotopic (exact) mass is 663 g/mol. The van der Waals surface area contributed by atoms with Crippen molar-refractivity contribution in [3.05, 3.63) is 0 Å². The summed E-state index contributed by atoms with van der Waals surface area (Å²) in [6, 6.07) is 0. The highest BCUT2D eigenvalue weighted by Crippen LogP contribution is 2.26. The second-order valence-corrected chi connectivity index (χ2v) is 16.3. The molecule has 45 heavy (non-hydrogen) atoms. The molecule has 0 heterocycles. The third-order valence-electron chi connectivity index (χ3n) is 9.76. The Morgan fingerprint density at radius 2 is 0.578 bits per heavy atom. The van der Waals surface area contributed by atoms with Gasteiger partial charge in [0, 0.05) is 0 Å². The van der Waals surface area contributed by atoms with E-state index >= 15 is 0 Å². The van der Waals surface area contributed by atoms with Crippen LogP contribution in [0.4, 0.5) is 0 Å². The van der Waals surface area contributed by atoms with E-state index in [0.29, 0.717) is 12.8 Å². The molecule has 0 aliphatic heterocycles. The van der Waals surface area contributed by atoms with E-state index in [1.54, 1.807) is 0 Å². The largest absolute Gasteiger partial charge is 0.394 e. The molecule has 7 heteroatoms. The fourth-order valence-electron chi connectivity index (χ4n) is 6.69. The van der Waals surface area contributed by atoms with Crippen molar-refractivity contribution < 1.29 is 28.8 Å². The highest BCUT2D eigenvalue weighted by molar-refractivity contribution is 7.92. The first-order valence-electron chi connectivity index (χ1n) is 19.7. The molecular formula is C38H78O6S. The topological polar surface area (TPSA) is 115 Å². The van der Waals surface area contributed by atoms with Crippen LogP contribution in [-0.4, -0.2) is 64.8 Å². The van der Waals surface area contributed by atoms with Crippen molar-refractivity contribution in [2.24, 2.45) is 0 Å². The summed E-state index contributed by atoms with van der Waals surface area (Å²) < 4.78 is 27.2. The van der Waals surface area contributed by atoms with Crippen LogP contribution in [0.25, 0.3) is 0 Å². The molecule has 6 nitrogen and oxygen atoms in total. The van der Waals surface area contributed by atoms with Gasteiger partial charge in [0.2, 0.25) is 0 Å². The summed E-state index contributed by atoms with van der Waals surface area (Å²) in [6.45, 7) is 3.26. The second-order valence-electron chi connectivity index (χ2n) is 13.9. The molecule has 0 amide bonds. The number of aliphatic hydroxyl groups excluding tert-OH is 4. The van der Waals surface area contributed by atoms with Crippen molar-refractivity contribution in [3.63, 3.8) is 0 Å². The smallest absolute Gasteiger partial charge is 0.161 e. The number of unbranched alkanes of at least 4 members (excludes halogenated alkanes) is 26. The van der Waals surface area contributed by atoms with Crippen LogP contribution in [0.2, 0.25) is 0 Å². The Labute approximate surface area is 280 Å². The first-order chi connectivity index (χ1) is 21.9. The lowest BCUT2D eigenvalue weighted by Gasteiger charge is -2.29. The maximum absolute atomic E-state index is 13.6. The highest BCUT2D eigenvalue weighted by atomic mass is 32.2. The molecule has 0 aliphatic rings. The molecule has 0 rings (SSSR count). The average molecular weight is 663 g/mol. The molecule has 0 spiro atoms. The van der Waals surface area contributed by atoms with Crippen molar-refractivity contribution in [1.82, 2.24) is 0 Å². The van der Waals surface area contributed by atoms with E-state index in [2.05, 4.69) is 13.8 Å². The van der Waals surface area contributed by atoms with Crippen molar-refractivity contribution in [3.8, 4) is 0 Å². The maximum atomic E-state index is 13.6. The van der Waals surface area contributed by atoms with Gasteiger partial charge in [-0.15, -0.1) is 0 Å². The summed E-state index contributed by atoms with van der Waals surface area (Å²) in [5.41, 5.74) is 0. The van der Waals surface area contributed by atoms with Crippen LogP contribution in [-0.2, 0) is 9.84 Å². The Kier molecular flexibility index (Phi) is 32.2. The van der Waals surface area contributed by atoms with E-state index in [1.165, 1.54) is 128 Å². The van der Waals surface area contributed by atoms with Gasteiger partial charge in [0.15, 0.2) is 9.84 Å². The van der Waals surface area contributed by atoms with Crippen molar-refractivity contribution >= 4 is 9.84 Å². The lowest BCUT2D eigenvalue weighted by atomic mass is 10.0. The van der Waals surface area contributed by atoms with Gasteiger partial charge < -0.3 is 20.4 Å². The van der Waals surface area contributed by atoms with Crippen LogP contribution < -0.4 is 0 Å². The van der Waals surface area contributed by atoms with Gasteiger partial charge in [0.05, 0.1) is 35.9 Å². The summed E-state index contributed by atoms with van der Waals surface area (Å²) in [4.78, 5) is 0. The Morgan fingerprint density at radius 1 is 0.378 bits per heavy atom. The van der Waals surface area contributed by atoms with E-state index in [9.17, 15) is 28.8 Å². The third kappa shape index (κ3) is 24.6. The van der Waals surface area contributed by atoms with Crippen molar-refractivity contribution in [2.45, 2.75) is 229 Å². The molecule has 4 N–H and O–H groups in total. The standard InChI is InChI=1S/C38H78O6S/c1-3-5-7-9-11-13-15-17-19-21-23-25-27-29-31-37(35(41)33-39)45(43,44)38(36(42)34-40)32-30-28-26-24-22-20-18-16-14-12-10-8-6-4-2/h35-42H,3-34H2,1-2H3. The van der Waals surface area contributed by atoms with Gasteiger partial charge >= 0.3 is 0 Å². The van der Waals surface area contributed by atoms with Crippen LogP contribution in [0.5, 0.6) is 0 Å². The molecule has 0 aromatic carbocycles. The molecule has 0 saturated carbocycles. The molecule has 4 unspecified atom stereocenters. The summed E-state index contributed by atoms with van der Waals surface area (Å²) in [5, 5.41) is 38.0. The van der Waals surface area contributed by atoms with Crippen LogP contribution >= 0.6 is 0 Å². The van der Waals surface area contributed by atoms with E-state index in [4.69, 9.17) is 0 Å². The predicted octanol–water partition coefficient (Wildman–Crippen LogP) is 9.59. The van der Waals surface area contributed by atoms with Gasteiger partial charge in [-0.2, -0.15) is 0 Å². The lowest BCUT2D eigenvalue weighted by molar-refractivity contribution is 0.0792. The first-order valence-corrected chi connectivity index (χ1v) is 21.3. The summed E-state index contributed by atoms with van der Waals surface area (Å²) in [5.74, 6) is 0. The molecule has 0 aromatic rings. The molecule has 0 fully saturated rings. The number of rotatable bonds is 36. The van der Waals surface area contributed by atoms with Crippen LogP contribution in [0.3, 0.4) is 0 Å². The van der Waals surface area contributed by atoms with Gasteiger partial charge in [-0.1, -0.05) is 194 Å². The first kappa shape index (κ1) is 44.8. The van der Waals surface area contributed by atoms with E-state index in [-0.39, 0.29) is 12.8 Å². The van der Waals surface area contributed by atoms with Gasteiger partial charge in [-0.05, 0) is 12.8 Å². The minimum Gasteiger partial charge on any atom is -0.394 e. The average Bonchev–Trinajstić information content (AvgIpc) is 3.03. The number of hydrogen-bond acceptors (Lipinski definition) is 6. The molecule has 4 atom stereocenters.